The van der Waals surface area contributed by atoms with Crippen molar-refractivity contribution in [2.24, 2.45) is 5.84 Å². The average Bonchev–Trinajstić information content (AvgIpc) is 2.74. The van der Waals surface area contributed by atoms with E-state index in [0.717, 1.165) is 10.2 Å². The van der Waals surface area contributed by atoms with Crippen molar-refractivity contribution in [3.8, 4) is 5.88 Å². The Kier molecular flexibility index (Phi) is 2.75. The molecule has 0 aromatic carbocycles. The summed E-state index contributed by atoms with van der Waals surface area (Å²) < 4.78 is 5.19. The molecule has 0 saturated heterocycles. The fourth-order valence-electron chi connectivity index (χ4n) is 1.06. The molecule has 6 nitrogen and oxygen atoms in total. The zero-order valence-corrected chi connectivity index (χ0v) is 8.45. The van der Waals surface area contributed by atoms with Crippen LogP contribution in [-0.2, 0) is 4.79 Å². The quantitative estimate of drug-likeness (QED) is 0.437. The van der Waals surface area contributed by atoms with E-state index < -0.39 is 5.91 Å². The van der Waals surface area contributed by atoms with E-state index in [1.165, 1.54) is 17.7 Å². The second-order valence-electron chi connectivity index (χ2n) is 2.67. The fourth-order valence-corrected chi connectivity index (χ4v) is 1.78. The molecule has 0 saturated carbocycles. The standard InChI is InChI=1S/C8H8N4O2S/c9-12-6(13)3-14-7-5-1-2-15-8(5)11-4-10-7/h1-2,4H,3,9H2,(H,12,13). The van der Waals surface area contributed by atoms with Gasteiger partial charge in [0.2, 0.25) is 5.88 Å². The summed E-state index contributed by atoms with van der Waals surface area (Å²) in [4.78, 5) is 19.7. The van der Waals surface area contributed by atoms with Crippen LogP contribution < -0.4 is 16.0 Å². The SMILES string of the molecule is NNC(=O)COc1ncnc2sccc12. The molecule has 0 aliphatic carbocycles. The van der Waals surface area contributed by atoms with E-state index in [4.69, 9.17) is 10.6 Å². The van der Waals surface area contributed by atoms with E-state index in [9.17, 15) is 4.79 Å². The normalized spacial score (nSPS) is 10.2. The number of hydrazine groups is 1. The van der Waals surface area contributed by atoms with E-state index in [0.29, 0.717) is 5.88 Å². The minimum atomic E-state index is -0.406. The molecule has 0 fully saturated rings. The van der Waals surface area contributed by atoms with Crippen LogP contribution in [0.3, 0.4) is 0 Å². The van der Waals surface area contributed by atoms with Crippen molar-refractivity contribution in [2.45, 2.75) is 0 Å². The van der Waals surface area contributed by atoms with Gasteiger partial charge in [-0.2, -0.15) is 0 Å². The summed E-state index contributed by atoms with van der Waals surface area (Å²) >= 11 is 1.49. The minimum Gasteiger partial charge on any atom is -0.467 e. The van der Waals surface area contributed by atoms with Gasteiger partial charge < -0.3 is 4.74 Å². The second kappa shape index (κ2) is 4.20. The summed E-state index contributed by atoms with van der Waals surface area (Å²) in [5.74, 6) is 4.91. The number of amides is 1. The van der Waals surface area contributed by atoms with Crippen molar-refractivity contribution in [1.82, 2.24) is 15.4 Å². The van der Waals surface area contributed by atoms with E-state index in [1.54, 1.807) is 0 Å². The summed E-state index contributed by atoms with van der Waals surface area (Å²) in [5.41, 5.74) is 1.97. The van der Waals surface area contributed by atoms with E-state index in [1.807, 2.05) is 16.9 Å². The molecular weight excluding hydrogens is 216 g/mol. The van der Waals surface area contributed by atoms with Gasteiger partial charge in [-0.3, -0.25) is 10.2 Å². The van der Waals surface area contributed by atoms with Gasteiger partial charge in [-0.15, -0.1) is 11.3 Å². The van der Waals surface area contributed by atoms with Crippen LogP contribution in [0.4, 0.5) is 0 Å². The predicted octanol–water partition coefficient (Wildman–Crippen LogP) is 0.0600. The zero-order valence-electron chi connectivity index (χ0n) is 7.64. The monoisotopic (exact) mass is 224 g/mol. The molecule has 2 heterocycles. The number of hydrogen-bond donors (Lipinski definition) is 2. The molecule has 0 bridgehead atoms. The highest BCUT2D eigenvalue weighted by atomic mass is 32.1. The van der Waals surface area contributed by atoms with Crippen molar-refractivity contribution in [2.75, 3.05) is 6.61 Å². The Morgan fingerprint density at radius 2 is 2.47 bits per heavy atom. The van der Waals surface area contributed by atoms with Crippen molar-refractivity contribution in [1.29, 1.82) is 0 Å². The molecule has 2 rings (SSSR count). The lowest BCUT2D eigenvalue weighted by Gasteiger charge is -2.03. The van der Waals surface area contributed by atoms with Gasteiger partial charge in [-0.05, 0) is 11.4 Å². The number of fused-ring (bicyclic) bond motifs is 1. The lowest BCUT2D eigenvalue weighted by Crippen LogP contribution is -2.34. The highest BCUT2D eigenvalue weighted by Gasteiger charge is 2.07. The topological polar surface area (TPSA) is 90.1 Å². The van der Waals surface area contributed by atoms with Crippen LogP contribution in [0.15, 0.2) is 17.8 Å². The molecule has 0 aliphatic heterocycles. The Balaban J connectivity index is 2.20. The maximum Gasteiger partial charge on any atom is 0.271 e. The van der Waals surface area contributed by atoms with Crippen molar-refractivity contribution >= 4 is 27.5 Å². The number of carbonyl (C=O) groups is 1. The van der Waals surface area contributed by atoms with Gasteiger partial charge in [0.05, 0.1) is 5.39 Å². The Labute approximate surface area is 89.1 Å². The van der Waals surface area contributed by atoms with Crippen molar-refractivity contribution in [3.05, 3.63) is 17.8 Å². The number of thiophene rings is 1. The molecule has 0 radical (unpaired) electrons. The van der Waals surface area contributed by atoms with Crippen molar-refractivity contribution in [3.63, 3.8) is 0 Å². The molecule has 78 valence electrons. The highest BCUT2D eigenvalue weighted by molar-refractivity contribution is 7.16. The van der Waals surface area contributed by atoms with Gasteiger partial charge in [0.1, 0.15) is 11.2 Å². The first-order valence-corrected chi connectivity index (χ1v) is 4.99. The van der Waals surface area contributed by atoms with E-state index in [2.05, 4.69) is 9.97 Å². The third-order valence-corrected chi connectivity index (χ3v) is 2.55. The molecule has 0 aliphatic rings. The largest absolute Gasteiger partial charge is 0.467 e. The fraction of sp³-hybridized carbons (Fsp3) is 0.125. The first-order valence-electron chi connectivity index (χ1n) is 4.11. The number of nitrogens with zero attached hydrogens (tertiary/aromatic N) is 2. The Morgan fingerprint density at radius 1 is 1.60 bits per heavy atom. The number of hydrogen-bond acceptors (Lipinski definition) is 6. The van der Waals surface area contributed by atoms with Crippen molar-refractivity contribution < 1.29 is 9.53 Å². The molecule has 1 amide bonds. The minimum absolute atomic E-state index is 0.154. The molecule has 0 atom stereocenters. The van der Waals surface area contributed by atoms with E-state index >= 15 is 0 Å². The van der Waals surface area contributed by atoms with Crippen LogP contribution in [0, 0.1) is 0 Å². The zero-order chi connectivity index (χ0) is 10.7. The number of aromatic nitrogens is 2. The number of nitrogens with one attached hydrogen (secondary N) is 1. The first kappa shape index (κ1) is 9.81. The molecule has 3 N–H and O–H groups in total. The molecule has 2 aromatic heterocycles. The lowest BCUT2D eigenvalue weighted by atomic mass is 10.4. The van der Waals surface area contributed by atoms with Gasteiger partial charge >= 0.3 is 0 Å². The maximum atomic E-state index is 10.9. The Bertz CT molecular complexity index is 484. The summed E-state index contributed by atoms with van der Waals surface area (Å²) in [6.07, 6.45) is 1.40. The van der Waals surface area contributed by atoms with Crippen LogP contribution in [0.1, 0.15) is 0 Å². The molecular formula is C8H8N4O2S. The Morgan fingerprint density at radius 3 is 3.27 bits per heavy atom. The van der Waals surface area contributed by atoms with Crippen LogP contribution in [0.5, 0.6) is 5.88 Å². The van der Waals surface area contributed by atoms with Crippen LogP contribution in [0.25, 0.3) is 10.2 Å². The summed E-state index contributed by atoms with van der Waals surface area (Å²) in [7, 11) is 0. The molecule has 0 unspecified atom stereocenters. The third-order valence-electron chi connectivity index (χ3n) is 1.73. The molecule has 0 spiro atoms. The number of carbonyl (C=O) groups excluding carboxylic acids is 1. The van der Waals surface area contributed by atoms with Gasteiger partial charge in [0.15, 0.2) is 6.61 Å². The molecule has 2 aromatic rings. The van der Waals surface area contributed by atoms with Crippen LogP contribution in [0.2, 0.25) is 0 Å². The lowest BCUT2D eigenvalue weighted by molar-refractivity contribution is -0.123. The number of ether oxygens (including phenoxy) is 1. The first-order chi connectivity index (χ1) is 7.31. The second-order valence-corrected chi connectivity index (χ2v) is 3.57. The van der Waals surface area contributed by atoms with Gasteiger partial charge in [0, 0.05) is 0 Å². The third kappa shape index (κ3) is 2.03. The van der Waals surface area contributed by atoms with Crippen LogP contribution in [-0.4, -0.2) is 22.5 Å². The van der Waals surface area contributed by atoms with E-state index in [-0.39, 0.29) is 6.61 Å². The van der Waals surface area contributed by atoms with Crippen LogP contribution >= 0.6 is 11.3 Å². The summed E-state index contributed by atoms with van der Waals surface area (Å²) in [6, 6.07) is 1.84. The number of nitrogens with two attached hydrogens (primary N) is 1. The average molecular weight is 224 g/mol. The van der Waals surface area contributed by atoms with Gasteiger partial charge in [0.25, 0.3) is 5.91 Å². The smallest absolute Gasteiger partial charge is 0.271 e. The number of rotatable bonds is 3. The summed E-state index contributed by atoms with van der Waals surface area (Å²) in [5, 5.41) is 2.68. The predicted molar refractivity (Wildman–Crippen MR) is 55.2 cm³/mol. The molecule has 7 heteroatoms. The van der Waals surface area contributed by atoms with Gasteiger partial charge in [-0.25, -0.2) is 15.8 Å². The Hall–Kier alpha value is -1.73. The maximum absolute atomic E-state index is 10.9. The highest BCUT2D eigenvalue weighted by Crippen LogP contribution is 2.25. The van der Waals surface area contributed by atoms with Gasteiger partial charge in [-0.1, -0.05) is 0 Å². The molecule has 15 heavy (non-hydrogen) atoms. The summed E-state index contributed by atoms with van der Waals surface area (Å²) in [6.45, 7) is -0.154.